The first-order valence-electron chi connectivity index (χ1n) is 9.48. The second-order valence-electron chi connectivity index (χ2n) is 7.31. The number of hydrogen-bond donors (Lipinski definition) is 1. The minimum absolute atomic E-state index is 0.313. The number of likely N-dealkylation sites (N-methyl/N-ethyl adjacent to an activating group) is 1. The summed E-state index contributed by atoms with van der Waals surface area (Å²) < 4.78 is 0. The lowest BCUT2D eigenvalue weighted by atomic mass is 9.91. The smallest absolute Gasteiger partial charge is 0.325 e. The van der Waals surface area contributed by atoms with E-state index in [1.54, 1.807) is 17.9 Å². The number of nitrogens with zero attached hydrogens (tertiary/aromatic N) is 2. The summed E-state index contributed by atoms with van der Waals surface area (Å²) in [6, 6.07) is 14.1. The van der Waals surface area contributed by atoms with Gasteiger partial charge in [0.1, 0.15) is 12.1 Å². The molecule has 6 nitrogen and oxygen atoms in total. The van der Waals surface area contributed by atoms with Gasteiger partial charge >= 0.3 is 6.03 Å². The van der Waals surface area contributed by atoms with Crippen LogP contribution in [0.4, 0.5) is 4.79 Å². The number of imide groups is 1. The number of aryl methyl sites for hydroxylation is 1. The maximum Gasteiger partial charge on any atom is 0.325 e. The molecule has 0 spiro atoms. The largest absolute Gasteiger partial charge is 0.337 e. The number of amides is 4. The third-order valence-electron chi connectivity index (χ3n) is 5.25. The number of benzene rings is 2. The molecule has 0 aromatic heterocycles. The van der Waals surface area contributed by atoms with E-state index in [4.69, 9.17) is 11.6 Å². The minimum Gasteiger partial charge on any atom is -0.337 e. The van der Waals surface area contributed by atoms with Crippen molar-refractivity contribution in [2.45, 2.75) is 32.9 Å². The van der Waals surface area contributed by atoms with Gasteiger partial charge in [-0.25, -0.2) is 4.79 Å². The lowest BCUT2D eigenvalue weighted by molar-refractivity contribution is -0.139. The molecule has 4 amide bonds. The highest BCUT2D eigenvalue weighted by Crippen LogP contribution is 2.29. The molecule has 0 bridgehead atoms. The molecule has 1 aliphatic rings. The van der Waals surface area contributed by atoms with Gasteiger partial charge in [0.15, 0.2) is 0 Å². The SMILES string of the molecule is CCN(Cc1ccccc1Cl)C(=O)CN1C(=O)NC(C)(c2ccc(C)cc2)C1=O. The van der Waals surface area contributed by atoms with Crippen LogP contribution in [0.1, 0.15) is 30.5 Å². The van der Waals surface area contributed by atoms with E-state index in [0.717, 1.165) is 16.0 Å². The highest BCUT2D eigenvalue weighted by atomic mass is 35.5. The predicted molar refractivity (Wildman–Crippen MR) is 111 cm³/mol. The second-order valence-corrected chi connectivity index (χ2v) is 7.72. The maximum absolute atomic E-state index is 13.0. The summed E-state index contributed by atoms with van der Waals surface area (Å²) >= 11 is 6.20. The molecule has 1 fully saturated rings. The number of halogens is 1. The van der Waals surface area contributed by atoms with Crippen molar-refractivity contribution in [3.63, 3.8) is 0 Å². The van der Waals surface area contributed by atoms with Gasteiger partial charge in [-0.2, -0.15) is 0 Å². The molecular weight excluding hydrogens is 390 g/mol. The molecule has 0 radical (unpaired) electrons. The van der Waals surface area contributed by atoms with Crippen molar-refractivity contribution < 1.29 is 14.4 Å². The Morgan fingerprint density at radius 1 is 1.14 bits per heavy atom. The highest BCUT2D eigenvalue weighted by Gasteiger charge is 2.49. The van der Waals surface area contributed by atoms with E-state index in [9.17, 15) is 14.4 Å². The van der Waals surface area contributed by atoms with Crippen molar-refractivity contribution in [3.8, 4) is 0 Å². The van der Waals surface area contributed by atoms with Crippen LogP contribution in [0.25, 0.3) is 0 Å². The third kappa shape index (κ3) is 4.12. The van der Waals surface area contributed by atoms with E-state index in [0.29, 0.717) is 23.7 Å². The molecule has 1 aliphatic heterocycles. The van der Waals surface area contributed by atoms with Crippen molar-refractivity contribution in [1.82, 2.24) is 15.1 Å². The normalized spacial score (nSPS) is 18.7. The fraction of sp³-hybridized carbons (Fsp3) is 0.318. The first-order chi connectivity index (χ1) is 13.8. The summed E-state index contributed by atoms with van der Waals surface area (Å²) in [4.78, 5) is 40.9. The van der Waals surface area contributed by atoms with Crippen molar-refractivity contribution in [2.24, 2.45) is 0 Å². The van der Waals surface area contributed by atoms with E-state index in [-0.39, 0.29) is 12.5 Å². The summed E-state index contributed by atoms with van der Waals surface area (Å²) in [5.74, 6) is -0.752. The zero-order valence-electron chi connectivity index (χ0n) is 16.7. The van der Waals surface area contributed by atoms with Crippen molar-refractivity contribution >= 4 is 29.4 Å². The number of carbonyl (C=O) groups is 3. The topological polar surface area (TPSA) is 69.7 Å². The van der Waals surface area contributed by atoms with Crippen LogP contribution < -0.4 is 5.32 Å². The van der Waals surface area contributed by atoms with Crippen LogP contribution in [-0.2, 0) is 21.7 Å². The van der Waals surface area contributed by atoms with Crippen LogP contribution in [0.15, 0.2) is 48.5 Å². The molecule has 1 N–H and O–H groups in total. The number of nitrogens with one attached hydrogen (secondary N) is 1. The zero-order valence-corrected chi connectivity index (χ0v) is 17.5. The zero-order chi connectivity index (χ0) is 21.2. The quantitative estimate of drug-likeness (QED) is 0.737. The second kappa shape index (κ2) is 8.25. The lowest BCUT2D eigenvalue weighted by Gasteiger charge is -2.25. The van der Waals surface area contributed by atoms with E-state index in [1.807, 2.05) is 56.3 Å². The van der Waals surface area contributed by atoms with Gasteiger partial charge in [0.05, 0.1) is 0 Å². The lowest BCUT2D eigenvalue weighted by Crippen LogP contribution is -2.44. The Labute approximate surface area is 175 Å². The number of urea groups is 1. The van der Waals surface area contributed by atoms with Gasteiger partial charge in [0.25, 0.3) is 5.91 Å². The summed E-state index contributed by atoms with van der Waals surface area (Å²) in [7, 11) is 0. The fourth-order valence-corrected chi connectivity index (χ4v) is 3.56. The monoisotopic (exact) mass is 413 g/mol. The summed E-state index contributed by atoms with van der Waals surface area (Å²) in [6.45, 7) is 5.88. The first-order valence-corrected chi connectivity index (χ1v) is 9.86. The van der Waals surface area contributed by atoms with Gasteiger partial charge in [0, 0.05) is 18.1 Å². The molecule has 2 aromatic carbocycles. The standard InChI is InChI=1S/C22H24ClN3O3/c1-4-25(13-16-7-5-6-8-18(16)23)19(27)14-26-20(28)22(3,24-21(26)29)17-11-9-15(2)10-12-17/h5-12H,4,13-14H2,1-3H3,(H,24,29). The van der Waals surface area contributed by atoms with Gasteiger partial charge in [0.2, 0.25) is 5.91 Å². The number of rotatable bonds is 6. The Bertz CT molecular complexity index is 945. The van der Waals surface area contributed by atoms with Crippen molar-refractivity contribution in [2.75, 3.05) is 13.1 Å². The minimum atomic E-state index is -1.19. The predicted octanol–water partition coefficient (Wildman–Crippen LogP) is 3.46. The molecule has 1 heterocycles. The molecule has 152 valence electrons. The highest BCUT2D eigenvalue weighted by molar-refractivity contribution is 6.31. The Kier molecular flexibility index (Phi) is 5.94. The first kappa shape index (κ1) is 20.9. The van der Waals surface area contributed by atoms with Gasteiger partial charge in [-0.15, -0.1) is 0 Å². The molecule has 29 heavy (non-hydrogen) atoms. The molecule has 0 saturated carbocycles. The van der Waals surface area contributed by atoms with Crippen LogP contribution >= 0.6 is 11.6 Å². The third-order valence-corrected chi connectivity index (χ3v) is 5.62. The van der Waals surface area contributed by atoms with Crippen LogP contribution in [0.2, 0.25) is 5.02 Å². The van der Waals surface area contributed by atoms with Gasteiger partial charge in [-0.1, -0.05) is 59.6 Å². The Morgan fingerprint density at radius 2 is 1.79 bits per heavy atom. The van der Waals surface area contributed by atoms with E-state index in [1.165, 1.54) is 0 Å². The maximum atomic E-state index is 13.0. The van der Waals surface area contributed by atoms with Gasteiger partial charge in [-0.3, -0.25) is 14.5 Å². The Balaban J connectivity index is 1.75. The van der Waals surface area contributed by atoms with Gasteiger partial charge < -0.3 is 10.2 Å². The average Bonchev–Trinajstić information content (AvgIpc) is 2.91. The van der Waals surface area contributed by atoms with Crippen LogP contribution in [-0.4, -0.2) is 40.7 Å². The van der Waals surface area contributed by atoms with Crippen LogP contribution in [0.5, 0.6) is 0 Å². The van der Waals surface area contributed by atoms with Crippen LogP contribution in [0, 0.1) is 6.92 Å². The molecule has 1 atom stereocenters. The molecular formula is C22H24ClN3O3. The molecule has 3 rings (SSSR count). The van der Waals surface area contributed by atoms with E-state index in [2.05, 4.69) is 5.32 Å². The fourth-order valence-electron chi connectivity index (χ4n) is 3.37. The number of carbonyl (C=O) groups excluding carboxylic acids is 3. The van der Waals surface area contributed by atoms with Crippen LogP contribution in [0.3, 0.4) is 0 Å². The Morgan fingerprint density at radius 3 is 2.41 bits per heavy atom. The summed E-state index contributed by atoms with van der Waals surface area (Å²) in [6.07, 6.45) is 0. The van der Waals surface area contributed by atoms with Gasteiger partial charge in [-0.05, 0) is 38.0 Å². The number of hydrogen-bond acceptors (Lipinski definition) is 3. The molecule has 1 saturated heterocycles. The molecule has 0 aliphatic carbocycles. The van der Waals surface area contributed by atoms with Crippen molar-refractivity contribution in [3.05, 3.63) is 70.2 Å². The molecule has 2 aromatic rings. The molecule has 1 unspecified atom stereocenters. The Hall–Kier alpha value is -2.86. The molecule has 7 heteroatoms. The summed E-state index contributed by atoms with van der Waals surface area (Å²) in [5, 5.41) is 3.30. The van der Waals surface area contributed by atoms with E-state index < -0.39 is 17.5 Å². The van der Waals surface area contributed by atoms with Crippen molar-refractivity contribution in [1.29, 1.82) is 0 Å². The summed E-state index contributed by atoms with van der Waals surface area (Å²) in [5.41, 5.74) is 1.36. The average molecular weight is 414 g/mol. The van der Waals surface area contributed by atoms with E-state index >= 15 is 0 Å².